The van der Waals surface area contributed by atoms with Crippen molar-refractivity contribution in [3.05, 3.63) is 51.9 Å². The van der Waals surface area contributed by atoms with Gasteiger partial charge in [0.15, 0.2) is 29.5 Å². The van der Waals surface area contributed by atoms with Crippen LogP contribution in [0.2, 0.25) is 0 Å². The highest BCUT2D eigenvalue weighted by Crippen LogP contribution is 2.38. The van der Waals surface area contributed by atoms with E-state index in [1.807, 2.05) is 0 Å². The molecule has 318 valence electrons. The quantitative estimate of drug-likeness (QED) is 0.0358. The number of carbonyl (C=O) groups is 5. The van der Waals surface area contributed by atoms with Crippen LogP contribution < -0.4 is 27.9 Å². The maximum atomic E-state index is 13.5. The van der Waals surface area contributed by atoms with Crippen molar-refractivity contribution in [3.8, 4) is 28.7 Å². The summed E-state index contributed by atoms with van der Waals surface area (Å²) in [5, 5.41) is 6.18. The summed E-state index contributed by atoms with van der Waals surface area (Å²) in [6, 6.07) is 5.82. The van der Waals surface area contributed by atoms with Crippen molar-refractivity contribution in [1.82, 2.24) is 5.32 Å². The number of benzene rings is 2. The number of esters is 4. The minimum absolute atomic E-state index is 0.0102. The van der Waals surface area contributed by atoms with Crippen LogP contribution in [0.1, 0.15) is 43.6 Å². The van der Waals surface area contributed by atoms with Crippen molar-refractivity contribution < 1.29 is 83.4 Å². The normalized spacial score (nSPS) is 18.6. The fourth-order valence-electron chi connectivity index (χ4n) is 5.20. The van der Waals surface area contributed by atoms with E-state index in [4.69, 9.17) is 56.5 Å². The van der Waals surface area contributed by atoms with Crippen molar-refractivity contribution in [1.29, 1.82) is 0 Å². The minimum Gasteiger partial charge on any atom is -0.496 e. The van der Waals surface area contributed by atoms with Gasteiger partial charge in [-0.3, -0.25) is 24.0 Å². The van der Waals surface area contributed by atoms with Gasteiger partial charge in [0, 0.05) is 74.3 Å². The van der Waals surface area contributed by atoms with Gasteiger partial charge in [0.25, 0.3) is 5.91 Å². The van der Waals surface area contributed by atoms with Crippen LogP contribution in [-0.4, -0.2) is 116 Å². The highest BCUT2D eigenvalue weighted by molar-refractivity contribution is 9.08. The summed E-state index contributed by atoms with van der Waals surface area (Å²) < 4.78 is 86.9. The number of nitrogens with one attached hydrogen (secondary N) is 1. The zero-order chi connectivity index (χ0) is 43.0. The van der Waals surface area contributed by atoms with E-state index in [-0.39, 0.29) is 54.4 Å². The summed E-state index contributed by atoms with van der Waals surface area (Å²) in [7, 11) is -2.41. The monoisotopic (exact) mass is 904 g/mol. The molecule has 24 heteroatoms. The van der Waals surface area contributed by atoms with E-state index in [2.05, 4.69) is 31.3 Å². The van der Waals surface area contributed by atoms with Crippen LogP contribution >= 0.6 is 15.9 Å². The van der Waals surface area contributed by atoms with Crippen LogP contribution in [0.15, 0.2) is 35.4 Å². The first-order valence-electron chi connectivity index (χ1n) is 16.9. The molecule has 5 atom stereocenters. The number of hydrogen-bond acceptors (Lipinski definition) is 19. The van der Waals surface area contributed by atoms with Gasteiger partial charge < -0.3 is 56.3 Å². The second kappa shape index (κ2) is 22.4. The van der Waals surface area contributed by atoms with E-state index < -0.39 is 89.0 Å². The second-order valence-electron chi connectivity index (χ2n) is 11.7. The molecule has 3 rings (SSSR count). The first-order chi connectivity index (χ1) is 27.5. The fourth-order valence-corrected chi connectivity index (χ4v) is 6.46. The Kier molecular flexibility index (Phi) is 18.1. The summed E-state index contributed by atoms with van der Waals surface area (Å²) in [6.45, 7) is 3.78. The molecule has 1 heterocycles. The van der Waals surface area contributed by atoms with Gasteiger partial charge in [0.05, 0.1) is 27.4 Å². The summed E-state index contributed by atoms with van der Waals surface area (Å²) in [5.41, 5.74) is 8.76. The third-order valence-corrected chi connectivity index (χ3v) is 8.77. The molecule has 1 fully saturated rings. The van der Waals surface area contributed by atoms with E-state index in [1.54, 1.807) is 0 Å². The average molecular weight is 906 g/mol. The van der Waals surface area contributed by atoms with Gasteiger partial charge in [-0.25, -0.2) is 0 Å². The molecule has 2 aromatic carbocycles. The maximum Gasteiger partial charge on any atom is 0.501 e. The molecule has 1 aliphatic heterocycles. The fraction of sp³-hybridized carbons (Fsp3) is 0.500. The number of halogens is 1. The zero-order valence-corrected chi connectivity index (χ0v) is 34.4. The Morgan fingerprint density at radius 2 is 1.45 bits per heavy atom. The van der Waals surface area contributed by atoms with E-state index in [1.165, 1.54) is 32.4 Å². The first-order valence-corrected chi connectivity index (χ1v) is 19.4. The van der Waals surface area contributed by atoms with E-state index >= 15 is 0 Å². The molecule has 1 aliphatic rings. The number of methoxy groups -OCH3 is 2. The van der Waals surface area contributed by atoms with Gasteiger partial charge in [-0.05, 0) is 23.7 Å². The van der Waals surface area contributed by atoms with Gasteiger partial charge in [0.2, 0.25) is 12.4 Å². The SMILES string of the molecule is COc1cc(OS(=O)(=O)Oc2cc(C(=O)NCCOCCN=[N+]=[N-])ccc2OC2O[C@H](COC(C)=O)[C@H](OC(C)=O)[C@H](OC(C)=O)[C@H]2OC(C)=O)cc(OC)c1CBr. The molecule has 1 N–H and O–H groups in total. The largest absolute Gasteiger partial charge is 0.501 e. The molecular formula is C34H41BrN4O18S. The molecular weight excluding hydrogens is 864 g/mol. The molecule has 1 saturated heterocycles. The lowest BCUT2D eigenvalue weighted by molar-refractivity contribution is -0.288. The van der Waals surface area contributed by atoms with Crippen molar-refractivity contribution in [2.45, 2.75) is 63.7 Å². The van der Waals surface area contributed by atoms with Gasteiger partial charge in [0.1, 0.15) is 24.2 Å². The Morgan fingerprint density at radius 1 is 0.828 bits per heavy atom. The summed E-state index contributed by atoms with van der Waals surface area (Å²) in [6.07, 6.45) is -8.10. The average Bonchev–Trinajstić information content (AvgIpc) is 3.15. The van der Waals surface area contributed by atoms with Gasteiger partial charge in [-0.1, -0.05) is 21.0 Å². The molecule has 1 amide bonds. The number of nitrogens with zero attached hydrogens (tertiary/aromatic N) is 3. The molecule has 22 nitrogen and oxygen atoms in total. The van der Waals surface area contributed by atoms with Crippen molar-refractivity contribution in [2.24, 2.45) is 5.11 Å². The Morgan fingerprint density at radius 3 is 2.02 bits per heavy atom. The van der Waals surface area contributed by atoms with Crippen molar-refractivity contribution in [2.75, 3.05) is 47.1 Å². The minimum atomic E-state index is -5.10. The maximum absolute atomic E-state index is 13.5. The third kappa shape index (κ3) is 14.1. The number of azide groups is 1. The van der Waals surface area contributed by atoms with Crippen LogP contribution in [0, 0.1) is 0 Å². The first kappa shape index (κ1) is 46.8. The number of amides is 1. The number of hydrogen-bond donors (Lipinski definition) is 1. The highest BCUT2D eigenvalue weighted by atomic mass is 79.9. The van der Waals surface area contributed by atoms with E-state index in [9.17, 15) is 32.4 Å². The molecule has 0 aromatic heterocycles. The Balaban J connectivity index is 2.09. The molecule has 0 bridgehead atoms. The van der Waals surface area contributed by atoms with Crippen LogP contribution in [0.25, 0.3) is 10.4 Å². The standard InChI is InChI=1S/C34H41BrN4O18S/c1-18(40)50-17-29-30(51-19(2)41)31(52-20(3)42)32(53-21(4)43)34(55-29)54-25-8-7-22(33(44)37-9-11-49-12-10-38-39-36)13-28(25)57-58(45,46)56-23-14-26(47-5)24(16-35)27(15-23)48-6/h7-8,13-15,29-32,34H,9-12,16-17H2,1-6H3,(H,37,44)/t29-,30+,31+,32-,34?/m1/s1. The number of carbonyl (C=O) groups excluding carboxylic acids is 5. The summed E-state index contributed by atoms with van der Waals surface area (Å²) in [4.78, 5) is 64.3. The second-order valence-corrected chi connectivity index (χ2v) is 13.4. The van der Waals surface area contributed by atoms with Crippen LogP contribution in [0.3, 0.4) is 0 Å². The Hall–Kier alpha value is -5.55. The van der Waals surface area contributed by atoms with Gasteiger partial charge >= 0.3 is 34.3 Å². The van der Waals surface area contributed by atoms with E-state index in [0.29, 0.717) is 5.56 Å². The van der Waals surface area contributed by atoms with Crippen LogP contribution in [0.5, 0.6) is 28.7 Å². The highest BCUT2D eigenvalue weighted by Gasteiger charge is 2.53. The van der Waals surface area contributed by atoms with Gasteiger partial charge in [-0.15, -0.1) is 8.42 Å². The number of rotatable bonds is 21. The molecule has 0 spiro atoms. The molecule has 0 radical (unpaired) electrons. The molecule has 0 saturated carbocycles. The zero-order valence-electron chi connectivity index (χ0n) is 32.0. The predicted molar refractivity (Wildman–Crippen MR) is 199 cm³/mol. The topological polar surface area (TPSA) is 282 Å². The van der Waals surface area contributed by atoms with Crippen LogP contribution in [0.4, 0.5) is 0 Å². The number of ether oxygens (including phenoxy) is 9. The summed E-state index contributed by atoms with van der Waals surface area (Å²) >= 11 is 3.32. The Labute approximate surface area is 340 Å². The molecule has 1 unspecified atom stereocenters. The third-order valence-electron chi connectivity index (χ3n) is 7.43. The lowest BCUT2D eigenvalue weighted by atomic mass is 9.98. The van der Waals surface area contributed by atoms with Crippen molar-refractivity contribution >= 4 is 56.1 Å². The molecule has 0 aliphatic carbocycles. The van der Waals surface area contributed by atoms with Crippen molar-refractivity contribution in [3.63, 3.8) is 0 Å². The number of alkyl halides is 1. The lowest BCUT2D eigenvalue weighted by Crippen LogP contribution is -2.63. The molecule has 2 aromatic rings. The van der Waals surface area contributed by atoms with Crippen LogP contribution in [-0.2, 0) is 63.3 Å². The predicted octanol–water partition coefficient (Wildman–Crippen LogP) is 2.82. The molecule has 58 heavy (non-hydrogen) atoms. The van der Waals surface area contributed by atoms with Gasteiger partial charge in [-0.2, -0.15) is 0 Å². The Bertz CT molecular complexity index is 1940. The lowest BCUT2D eigenvalue weighted by Gasteiger charge is -2.43. The summed E-state index contributed by atoms with van der Waals surface area (Å²) in [5.74, 6) is -5.21. The smallest absolute Gasteiger partial charge is 0.496 e. The van der Waals surface area contributed by atoms with E-state index in [0.717, 1.165) is 39.8 Å².